The lowest BCUT2D eigenvalue weighted by Gasteiger charge is -2.33. The molecule has 0 radical (unpaired) electrons. The van der Waals surface area contributed by atoms with Gasteiger partial charge in [-0.1, -0.05) is 12.2 Å². The Balaban J connectivity index is 2.19. The molecule has 0 spiro atoms. The van der Waals surface area contributed by atoms with Crippen LogP contribution in [0.3, 0.4) is 0 Å². The number of aliphatic hydroxyl groups is 1. The molecule has 2 rings (SSSR count). The number of fused-ring (bicyclic) bond motifs is 1. The van der Waals surface area contributed by atoms with Crippen LogP contribution < -0.4 is 0 Å². The Morgan fingerprint density at radius 3 is 2.93 bits per heavy atom. The van der Waals surface area contributed by atoms with Crippen molar-refractivity contribution >= 4 is 0 Å². The maximum atomic E-state index is 9.22. The van der Waals surface area contributed by atoms with Gasteiger partial charge in [-0.05, 0) is 19.9 Å². The first kappa shape index (κ1) is 9.59. The molecule has 1 unspecified atom stereocenters. The Morgan fingerprint density at radius 2 is 2.29 bits per heavy atom. The molecule has 0 aromatic carbocycles. The average Bonchev–Trinajstić information content (AvgIpc) is 2.60. The van der Waals surface area contributed by atoms with Crippen molar-refractivity contribution in [3.05, 3.63) is 24.0 Å². The fourth-order valence-corrected chi connectivity index (χ4v) is 2.19. The molecular weight excluding hydrogens is 176 g/mol. The van der Waals surface area contributed by atoms with Gasteiger partial charge in [0.05, 0.1) is 12.6 Å². The largest absolute Gasteiger partial charge is 0.394 e. The number of allylic oxidation sites excluding steroid dienone is 2. The quantitative estimate of drug-likeness (QED) is 0.704. The van der Waals surface area contributed by atoms with Crippen LogP contribution in [-0.2, 0) is 0 Å². The molecule has 0 aromatic heterocycles. The van der Waals surface area contributed by atoms with Crippen LogP contribution in [0.5, 0.6) is 0 Å². The van der Waals surface area contributed by atoms with Crippen molar-refractivity contribution in [1.29, 1.82) is 0 Å². The van der Waals surface area contributed by atoms with Crippen LogP contribution in [0.15, 0.2) is 24.0 Å². The van der Waals surface area contributed by atoms with Crippen molar-refractivity contribution in [2.45, 2.75) is 25.9 Å². The van der Waals surface area contributed by atoms with Gasteiger partial charge in [0.25, 0.3) is 0 Å². The molecule has 1 fully saturated rings. The summed E-state index contributed by atoms with van der Waals surface area (Å²) in [6.07, 6.45) is 6.25. The van der Waals surface area contributed by atoms with E-state index in [1.165, 1.54) is 5.82 Å². The van der Waals surface area contributed by atoms with E-state index in [-0.39, 0.29) is 12.6 Å². The molecule has 2 heterocycles. The third-order valence-corrected chi connectivity index (χ3v) is 2.96. The Hall–Kier alpha value is -0.960. The molecule has 0 saturated carbocycles. The molecule has 0 aromatic rings. The van der Waals surface area contributed by atoms with Crippen LogP contribution in [0.1, 0.15) is 13.8 Å². The molecule has 0 bridgehead atoms. The number of hydrogen-bond donors (Lipinski definition) is 1. The van der Waals surface area contributed by atoms with Gasteiger partial charge in [-0.2, -0.15) is 0 Å². The molecule has 1 N–H and O–H groups in total. The van der Waals surface area contributed by atoms with Crippen molar-refractivity contribution in [2.24, 2.45) is 0 Å². The summed E-state index contributed by atoms with van der Waals surface area (Å²) in [7, 11) is 0. The molecule has 3 heteroatoms. The second-order valence-corrected chi connectivity index (χ2v) is 4.14. The summed E-state index contributed by atoms with van der Waals surface area (Å²) in [5.74, 6) is 1.27. The minimum atomic E-state index is 0.179. The Kier molecular flexibility index (Phi) is 2.50. The van der Waals surface area contributed by atoms with E-state index in [1.54, 1.807) is 0 Å². The van der Waals surface area contributed by atoms with Crippen molar-refractivity contribution in [2.75, 3.05) is 19.7 Å². The van der Waals surface area contributed by atoms with Crippen LogP contribution in [0.4, 0.5) is 0 Å². The number of rotatable bonds is 2. The third-order valence-electron chi connectivity index (χ3n) is 2.96. The maximum absolute atomic E-state index is 9.22. The number of aliphatic hydroxyl groups excluding tert-OH is 1. The molecule has 0 aliphatic carbocycles. The molecule has 0 amide bonds. The van der Waals surface area contributed by atoms with Crippen LogP contribution in [0.25, 0.3) is 0 Å². The topological polar surface area (TPSA) is 26.7 Å². The summed E-state index contributed by atoms with van der Waals surface area (Å²) in [5, 5.41) is 9.22. The highest BCUT2D eigenvalue weighted by Crippen LogP contribution is 2.26. The zero-order chi connectivity index (χ0) is 10.1. The van der Waals surface area contributed by atoms with Crippen molar-refractivity contribution in [1.82, 2.24) is 9.80 Å². The summed E-state index contributed by atoms with van der Waals surface area (Å²) in [6.45, 7) is 6.72. The fraction of sp³-hybridized carbons (Fsp3) is 0.636. The molecule has 14 heavy (non-hydrogen) atoms. The van der Waals surface area contributed by atoms with E-state index in [2.05, 4.69) is 35.8 Å². The minimum Gasteiger partial charge on any atom is -0.394 e. The Labute approximate surface area is 85.3 Å². The highest BCUT2D eigenvalue weighted by Gasteiger charge is 2.31. The lowest BCUT2D eigenvalue weighted by molar-refractivity contribution is 0.183. The summed E-state index contributed by atoms with van der Waals surface area (Å²) in [6, 6.07) is 0.718. The van der Waals surface area contributed by atoms with Crippen molar-refractivity contribution in [3.63, 3.8) is 0 Å². The number of hydrogen-bond acceptors (Lipinski definition) is 3. The van der Waals surface area contributed by atoms with Gasteiger partial charge in [0.2, 0.25) is 0 Å². The molecule has 3 nitrogen and oxygen atoms in total. The Bertz CT molecular complexity index is 270. The summed E-state index contributed by atoms with van der Waals surface area (Å²) in [5.41, 5.74) is 0. The van der Waals surface area contributed by atoms with Gasteiger partial charge >= 0.3 is 0 Å². The van der Waals surface area contributed by atoms with Crippen molar-refractivity contribution in [3.8, 4) is 0 Å². The third kappa shape index (κ3) is 1.42. The lowest BCUT2D eigenvalue weighted by atomic mass is 10.2. The normalized spacial score (nSPS) is 25.7. The molecule has 1 atom stereocenters. The van der Waals surface area contributed by atoms with Crippen molar-refractivity contribution < 1.29 is 5.11 Å². The zero-order valence-electron chi connectivity index (χ0n) is 8.85. The van der Waals surface area contributed by atoms with Crippen LogP contribution in [0.2, 0.25) is 0 Å². The second kappa shape index (κ2) is 3.65. The first-order chi connectivity index (χ1) is 6.74. The van der Waals surface area contributed by atoms with E-state index in [0.29, 0.717) is 6.04 Å². The Morgan fingerprint density at radius 1 is 1.50 bits per heavy atom. The van der Waals surface area contributed by atoms with Gasteiger partial charge in [-0.15, -0.1) is 0 Å². The van der Waals surface area contributed by atoms with Crippen LogP contribution in [-0.4, -0.2) is 46.7 Å². The summed E-state index contributed by atoms with van der Waals surface area (Å²) in [4.78, 5) is 4.66. The molecule has 2 aliphatic heterocycles. The minimum absolute atomic E-state index is 0.179. The van der Waals surface area contributed by atoms with E-state index in [4.69, 9.17) is 0 Å². The number of nitrogens with zero attached hydrogens (tertiary/aromatic N) is 2. The SMILES string of the molecule is CC(C)N1CCN2C1=CC=CC2CO. The monoisotopic (exact) mass is 194 g/mol. The van der Waals surface area contributed by atoms with E-state index in [9.17, 15) is 5.11 Å². The van der Waals surface area contributed by atoms with Gasteiger partial charge in [0.15, 0.2) is 0 Å². The maximum Gasteiger partial charge on any atom is 0.105 e. The van der Waals surface area contributed by atoms with Crippen LogP contribution in [0, 0.1) is 0 Å². The van der Waals surface area contributed by atoms with E-state index >= 15 is 0 Å². The average molecular weight is 194 g/mol. The van der Waals surface area contributed by atoms with Gasteiger partial charge in [-0.3, -0.25) is 0 Å². The zero-order valence-corrected chi connectivity index (χ0v) is 8.85. The summed E-state index contributed by atoms with van der Waals surface area (Å²) >= 11 is 0. The van der Waals surface area contributed by atoms with E-state index in [1.807, 2.05) is 6.08 Å². The fourth-order valence-electron chi connectivity index (χ4n) is 2.19. The van der Waals surface area contributed by atoms with Gasteiger partial charge in [0, 0.05) is 19.1 Å². The smallest absolute Gasteiger partial charge is 0.105 e. The van der Waals surface area contributed by atoms with E-state index < -0.39 is 0 Å². The highest BCUT2D eigenvalue weighted by atomic mass is 16.3. The van der Waals surface area contributed by atoms with Gasteiger partial charge < -0.3 is 14.9 Å². The van der Waals surface area contributed by atoms with E-state index in [0.717, 1.165) is 13.1 Å². The predicted molar refractivity (Wildman–Crippen MR) is 56.6 cm³/mol. The first-order valence-corrected chi connectivity index (χ1v) is 5.26. The second-order valence-electron chi connectivity index (χ2n) is 4.14. The summed E-state index contributed by atoms with van der Waals surface area (Å²) < 4.78 is 0. The molecular formula is C11H18N2O. The lowest BCUT2D eigenvalue weighted by Crippen LogP contribution is -2.37. The standard InChI is InChI=1S/C11H18N2O/c1-9(2)12-6-7-13-10(8-14)4-3-5-11(12)13/h3-5,9-10,14H,6-8H2,1-2H3. The molecule has 78 valence electrons. The highest BCUT2D eigenvalue weighted by molar-refractivity contribution is 5.23. The van der Waals surface area contributed by atoms with Gasteiger partial charge in [0.1, 0.15) is 5.82 Å². The molecule has 1 saturated heterocycles. The predicted octanol–water partition coefficient (Wildman–Crippen LogP) is 0.785. The first-order valence-electron chi connectivity index (χ1n) is 5.26. The van der Waals surface area contributed by atoms with Crippen LogP contribution >= 0.6 is 0 Å². The molecule has 2 aliphatic rings. The van der Waals surface area contributed by atoms with Gasteiger partial charge in [-0.25, -0.2) is 0 Å².